The van der Waals surface area contributed by atoms with E-state index in [4.69, 9.17) is 14.2 Å². The quantitative estimate of drug-likeness (QED) is 0.377. The molecule has 11 heteroatoms. The van der Waals surface area contributed by atoms with Gasteiger partial charge >= 0.3 is 5.97 Å². The summed E-state index contributed by atoms with van der Waals surface area (Å²) in [4.78, 5) is 48.1. The van der Waals surface area contributed by atoms with E-state index in [0.29, 0.717) is 65.4 Å². The van der Waals surface area contributed by atoms with E-state index in [1.807, 2.05) is 12.1 Å². The van der Waals surface area contributed by atoms with Crippen molar-refractivity contribution in [3.05, 3.63) is 77.7 Å². The molecule has 2 amide bonds. The van der Waals surface area contributed by atoms with E-state index in [-0.39, 0.29) is 23.2 Å². The number of fused-ring (bicyclic) bond motifs is 2. The molecular formula is C30H26N4O7. The van der Waals surface area contributed by atoms with Crippen LogP contribution in [0.2, 0.25) is 0 Å². The average Bonchev–Trinajstić information content (AvgIpc) is 3.00. The topological polar surface area (TPSA) is 140 Å². The monoisotopic (exact) mass is 554 g/mol. The Bertz CT molecular complexity index is 1710. The Kier molecular flexibility index (Phi) is 6.41. The van der Waals surface area contributed by atoms with Crippen molar-refractivity contribution in [2.24, 2.45) is 0 Å². The lowest BCUT2D eigenvalue weighted by Crippen LogP contribution is -2.61. The fourth-order valence-corrected chi connectivity index (χ4v) is 5.31. The number of pyridine rings is 2. The molecule has 4 heterocycles. The molecule has 0 bridgehead atoms. The van der Waals surface area contributed by atoms with Crippen molar-refractivity contribution in [1.82, 2.24) is 20.2 Å². The number of aromatic nitrogens is 2. The van der Waals surface area contributed by atoms with Crippen molar-refractivity contribution < 1.29 is 33.7 Å². The number of piperidine rings is 1. The highest BCUT2D eigenvalue weighted by atomic mass is 16.5. The van der Waals surface area contributed by atoms with Gasteiger partial charge in [0.1, 0.15) is 34.2 Å². The number of benzene rings is 2. The standard InChI is InChI=1S/C30H26N4O7/c1-39-24-5-3-4-19-25(40-2)16-21(32-26(19)24)28(36)34-12-9-30(10-13-34)33-27(35)20-14-17(6-7-23(20)41-30)18-8-11-31-22(15-18)29(37)38/h3-8,11,14-16H,9-10,12-13H2,1-2H3,(H,33,35)(H,37,38). The zero-order chi connectivity index (χ0) is 28.7. The van der Waals surface area contributed by atoms with Gasteiger partial charge in [-0.2, -0.15) is 0 Å². The summed E-state index contributed by atoms with van der Waals surface area (Å²) in [6, 6.07) is 15.4. The molecule has 2 aliphatic heterocycles. The highest BCUT2D eigenvalue weighted by Gasteiger charge is 2.43. The smallest absolute Gasteiger partial charge is 0.354 e. The van der Waals surface area contributed by atoms with E-state index in [0.717, 1.165) is 5.39 Å². The lowest BCUT2D eigenvalue weighted by Gasteiger charge is -2.44. The molecule has 2 aromatic heterocycles. The van der Waals surface area contributed by atoms with Gasteiger partial charge in [-0.15, -0.1) is 0 Å². The van der Waals surface area contributed by atoms with Crippen LogP contribution in [0.4, 0.5) is 0 Å². The molecule has 2 aliphatic rings. The molecule has 2 N–H and O–H groups in total. The number of methoxy groups -OCH3 is 2. The van der Waals surface area contributed by atoms with E-state index < -0.39 is 11.7 Å². The Balaban J connectivity index is 1.20. The largest absolute Gasteiger partial charge is 0.496 e. The molecule has 0 radical (unpaired) electrons. The minimum absolute atomic E-state index is 0.0855. The maximum Gasteiger partial charge on any atom is 0.354 e. The average molecular weight is 555 g/mol. The van der Waals surface area contributed by atoms with Gasteiger partial charge in [0.15, 0.2) is 5.72 Å². The molecule has 4 aromatic rings. The molecule has 0 unspecified atom stereocenters. The number of hydrogen-bond acceptors (Lipinski definition) is 8. The summed E-state index contributed by atoms with van der Waals surface area (Å²) in [5.74, 6) is -0.189. The van der Waals surface area contributed by atoms with Crippen LogP contribution >= 0.6 is 0 Å². The minimum atomic E-state index is -1.13. The number of carbonyl (C=O) groups excluding carboxylic acids is 2. The number of nitrogens with one attached hydrogen (secondary N) is 1. The first-order valence-corrected chi connectivity index (χ1v) is 13.0. The number of para-hydroxylation sites is 1. The maximum atomic E-state index is 13.5. The summed E-state index contributed by atoms with van der Waals surface area (Å²) in [5, 5.41) is 13.0. The van der Waals surface area contributed by atoms with Gasteiger partial charge in [-0.05, 0) is 47.5 Å². The Labute approximate surface area is 234 Å². The first-order valence-electron chi connectivity index (χ1n) is 13.0. The van der Waals surface area contributed by atoms with Gasteiger partial charge in [0, 0.05) is 43.6 Å². The van der Waals surface area contributed by atoms with Gasteiger partial charge in [-0.25, -0.2) is 14.8 Å². The summed E-state index contributed by atoms with van der Waals surface area (Å²) < 4.78 is 17.3. The summed E-state index contributed by atoms with van der Waals surface area (Å²) in [5.41, 5.74) is 1.38. The highest BCUT2D eigenvalue weighted by Crippen LogP contribution is 2.37. The van der Waals surface area contributed by atoms with Crippen LogP contribution in [0.5, 0.6) is 17.2 Å². The molecule has 0 aliphatic carbocycles. The van der Waals surface area contributed by atoms with E-state index in [2.05, 4.69) is 15.3 Å². The van der Waals surface area contributed by atoms with Crippen LogP contribution in [0.3, 0.4) is 0 Å². The number of likely N-dealkylation sites (tertiary alicyclic amines) is 1. The number of amides is 2. The molecule has 1 spiro atoms. The number of aromatic carboxylic acids is 1. The van der Waals surface area contributed by atoms with Crippen LogP contribution in [-0.4, -0.2) is 70.8 Å². The van der Waals surface area contributed by atoms with Gasteiger partial charge in [0.25, 0.3) is 11.8 Å². The number of rotatable bonds is 5. The van der Waals surface area contributed by atoms with Crippen LogP contribution < -0.4 is 19.5 Å². The van der Waals surface area contributed by atoms with Crippen LogP contribution in [0.1, 0.15) is 44.2 Å². The van der Waals surface area contributed by atoms with Crippen molar-refractivity contribution in [3.63, 3.8) is 0 Å². The van der Waals surface area contributed by atoms with Gasteiger partial charge in [0.2, 0.25) is 0 Å². The number of hydrogen-bond donors (Lipinski definition) is 2. The number of carboxylic acid groups (broad SMARTS) is 1. The van der Waals surface area contributed by atoms with Gasteiger partial charge in [0.05, 0.1) is 19.8 Å². The van der Waals surface area contributed by atoms with Crippen LogP contribution in [0, 0.1) is 0 Å². The van der Waals surface area contributed by atoms with E-state index in [1.54, 1.807) is 55.5 Å². The van der Waals surface area contributed by atoms with Crippen LogP contribution in [0.15, 0.2) is 60.8 Å². The molecule has 0 saturated carbocycles. The molecular weight excluding hydrogens is 528 g/mol. The predicted molar refractivity (Wildman–Crippen MR) is 147 cm³/mol. The zero-order valence-corrected chi connectivity index (χ0v) is 22.3. The zero-order valence-electron chi connectivity index (χ0n) is 22.3. The lowest BCUT2D eigenvalue weighted by molar-refractivity contribution is -0.0246. The van der Waals surface area contributed by atoms with E-state index >= 15 is 0 Å². The molecule has 11 nitrogen and oxygen atoms in total. The van der Waals surface area contributed by atoms with Crippen molar-refractivity contribution in [2.45, 2.75) is 18.6 Å². The van der Waals surface area contributed by atoms with Crippen LogP contribution in [-0.2, 0) is 0 Å². The second-order valence-corrected chi connectivity index (χ2v) is 9.85. The second kappa shape index (κ2) is 10.1. The molecule has 208 valence electrons. The van der Waals surface area contributed by atoms with Gasteiger partial charge in [-0.3, -0.25) is 9.59 Å². The third-order valence-electron chi connectivity index (χ3n) is 7.47. The molecule has 2 aromatic carbocycles. The number of carbonyl (C=O) groups is 3. The molecule has 0 atom stereocenters. The normalized spacial score (nSPS) is 15.6. The second-order valence-electron chi connectivity index (χ2n) is 9.85. The third kappa shape index (κ3) is 4.65. The van der Waals surface area contributed by atoms with Crippen molar-refractivity contribution in [3.8, 4) is 28.4 Å². The fraction of sp³-hybridized carbons (Fsp3) is 0.233. The lowest BCUT2D eigenvalue weighted by atomic mass is 9.95. The van der Waals surface area contributed by atoms with Crippen molar-refractivity contribution in [2.75, 3.05) is 27.3 Å². The Morgan fingerprint density at radius 3 is 2.46 bits per heavy atom. The molecule has 6 rings (SSSR count). The SMILES string of the molecule is COc1cc(C(=O)N2CCC3(CC2)NC(=O)c2cc(-c4ccnc(C(=O)O)c4)ccc2O3)nc2c(OC)cccc12. The maximum absolute atomic E-state index is 13.5. The fourth-order valence-electron chi connectivity index (χ4n) is 5.31. The van der Waals surface area contributed by atoms with Crippen LogP contribution in [0.25, 0.3) is 22.0 Å². The first kappa shape index (κ1) is 26.1. The summed E-state index contributed by atoms with van der Waals surface area (Å²) >= 11 is 0. The van der Waals surface area contributed by atoms with Gasteiger partial charge < -0.3 is 29.5 Å². The van der Waals surface area contributed by atoms with Crippen molar-refractivity contribution >= 4 is 28.7 Å². The number of carboxylic acids is 1. The van der Waals surface area contributed by atoms with E-state index in [9.17, 15) is 19.5 Å². The van der Waals surface area contributed by atoms with E-state index in [1.165, 1.54) is 12.3 Å². The predicted octanol–water partition coefficient (Wildman–Crippen LogP) is 3.77. The summed E-state index contributed by atoms with van der Waals surface area (Å²) in [6.45, 7) is 0.685. The first-order chi connectivity index (χ1) is 19.8. The Morgan fingerprint density at radius 1 is 0.976 bits per heavy atom. The van der Waals surface area contributed by atoms with Crippen molar-refractivity contribution in [1.29, 1.82) is 0 Å². The van der Waals surface area contributed by atoms with Gasteiger partial charge in [-0.1, -0.05) is 12.1 Å². The molecule has 1 fully saturated rings. The Morgan fingerprint density at radius 2 is 1.73 bits per heavy atom. The summed E-state index contributed by atoms with van der Waals surface area (Å²) in [7, 11) is 3.09. The Hall–Kier alpha value is -5.19. The number of ether oxygens (including phenoxy) is 3. The third-order valence-corrected chi connectivity index (χ3v) is 7.47. The number of nitrogens with zero attached hydrogens (tertiary/aromatic N) is 3. The molecule has 1 saturated heterocycles. The molecule has 41 heavy (non-hydrogen) atoms. The highest BCUT2D eigenvalue weighted by molar-refractivity contribution is 6.00. The minimum Gasteiger partial charge on any atom is -0.496 e. The summed E-state index contributed by atoms with van der Waals surface area (Å²) in [6.07, 6.45) is 2.18.